The van der Waals surface area contributed by atoms with E-state index >= 15 is 0 Å². The summed E-state index contributed by atoms with van der Waals surface area (Å²) in [6.07, 6.45) is 3.16. The van der Waals surface area contributed by atoms with Crippen LogP contribution >= 0.6 is 24.0 Å². The molecule has 0 radical (unpaired) electrons. The fraction of sp³-hybridized carbons (Fsp3) is 0.588. The summed E-state index contributed by atoms with van der Waals surface area (Å²) in [6, 6.07) is 6.19. The number of hydrogen-bond acceptors (Lipinski definition) is 4. The Morgan fingerprint density at radius 3 is 2.36 bits per heavy atom. The molecule has 8 heteroatoms. The summed E-state index contributed by atoms with van der Waals surface area (Å²) in [4.78, 5) is 15.1. The van der Waals surface area contributed by atoms with Gasteiger partial charge in [-0.2, -0.15) is 0 Å². The number of halogens is 2. The normalized spacial score (nSPS) is 22.4. The van der Waals surface area contributed by atoms with Gasteiger partial charge in [0.05, 0.1) is 4.90 Å². The Morgan fingerprint density at radius 2 is 1.84 bits per heavy atom. The molecule has 0 aromatic heterocycles. The molecule has 140 valence electrons. The van der Waals surface area contributed by atoms with Gasteiger partial charge >= 0.3 is 0 Å². The average Bonchev–Trinajstić information content (AvgIpc) is 3.26. The highest BCUT2D eigenvalue weighted by atomic mass is 35.5. The van der Waals surface area contributed by atoms with Gasteiger partial charge in [0.2, 0.25) is 5.91 Å². The summed E-state index contributed by atoms with van der Waals surface area (Å²) < 4.78 is 25.3. The van der Waals surface area contributed by atoms with Gasteiger partial charge in [-0.25, -0.2) is 8.42 Å². The number of nitrogens with zero attached hydrogens (tertiary/aromatic N) is 1. The van der Waals surface area contributed by atoms with Crippen LogP contribution in [0.1, 0.15) is 32.1 Å². The lowest BCUT2D eigenvalue weighted by molar-refractivity contribution is -0.134. The summed E-state index contributed by atoms with van der Waals surface area (Å²) in [6.45, 7) is 1.58. The number of carbonyl (C=O) groups excluding carboxylic acids is 1. The topological polar surface area (TPSA) is 66.5 Å². The molecule has 1 heterocycles. The third-order valence-electron chi connectivity index (χ3n) is 5.34. The van der Waals surface area contributed by atoms with E-state index in [0.29, 0.717) is 17.9 Å². The van der Waals surface area contributed by atoms with Crippen LogP contribution in [-0.4, -0.2) is 50.2 Å². The fourth-order valence-corrected chi connectivity index (χ4v) is 6.11. The molecule has 1 unspecified atom stereocenters. The second-order valence-electron chi connectivity index (χ2n) is 6.72. The van der Waals surface area contributed by atoms with Crippen LogP contribution in [0.15, 0.2) is 29.2 Å². The van der Waals surface area contributed by atoms with Crippen molar-refractivity contribution in [2.45, 2.75) is 47.8 Å². The Labute approximate surface area is 160 Å². The fourth-order valence-electron chi connectivity index (χ4n) is 3.84. The van der Waals surface area contributed by atoms with Crippen molar-refractivity contribution >= 4 is 39.8 Å². The standard InChI is InChI=1S/C17H23ClN2O3S.ClH/c1-20(14-8-11-19-12-14)16(21)17(9-2-3-10-17)24(22,23)15-6-4-13(18)5-7-15;/h4-7,14,19H,2-3,8-12H2,1H3;1H. The van der Waals surface area contributed by atoms with Gasteiger partial charge in [0.15, 0.2) is 14.6 Å². The molecule has 1 amide bonds. The number of hydrogen-bond donors (Lipinski definition) is 1. The molecule has 1 aromatic rings. The lowest BCUT2D eigenvalue weighted by Gasteiger charge is -2.34. The van der Waals surface area contributed by atoms with Crippen LogP contribution in [-0.2, 0) is 14.6 Å². The Bertz CT molecular complexity index is 710. The van der Waals surface area contributed by atoms with Crippen molar-refractivity contribution in [3.63, 3.8) is 0 Å². The molecule has 1 N–H and O–H groups in total. The molecule has 2 aliphatic rings. The van der Waals surface area contributed by atoms with Crippen LogP contribution < -0.4 is 5.32 Å². The monoisotopic (exact) mass is 406 g/mol. The van der Waals surface area contributed by atoms with E-state index in [2.05, 4.69) is 5.32 Å². The van der Waals surface area contributed by atoms with Crippen molar-refractivity contribution in [2.75, 3.05) is 20.1 Å². The molecule has 1 aliphatic heterocycles. The maximum Gasteiger partial charge on any atom is 0.244 e. The Kier molecular flexibility index (Phi) is 6.41. The lowest BCUT2D eigenvalue weighted by Crippen LogP contribution is -2.54. The van der Waals surface area contributed by atoms with Gasteiger partial charge in [-0.1, -0.05) is 24.4 Å². The molecule has 1 atom stereocenters. The Morgan fingerprint density at radius 1 is 1.24 bits per heavy atom. The van der Waals surface area contributed by atoms with Crippen molar-refractivity contribution in [2.24, 2.45) is 0 Å². The third kappa shape index (κ3) is 3.54. The summed E-state index contributed by atoms with van der Waals surface area (Å²) >= 11 is 5.88. The predicted octanol–water partition coefficient (Wildman–Crippen LogP) is 2.67. The van der Waals surface area contributed by atoms with Crippen LogP contribution in [0.4, 0.5) is 0 Å². The van der Waals surface area contributed by atoms with E-state index in [-0.39, 0.29) is 29.3 Å². The van der Waals surface area contributed by atoms with Crippen LogP contribution in [0.5, 0.6) is 0 Å². The molecule has 0 spiro atoms. The number of amides is 1. The van der Waals surface area contributed by atoms with E-state index in [4.69, 9.17) is 11.6 Å². The van der Waals surface area contributed by atoms with Gasteiger partial charge in [0.25, 0.3) is 0 Å². The minimum Gasteiger partial charge on any atom is -0.340 e. The van der Waals surface area contributed by atoms with Crippen LogP contribution in [0.25, 0.3) is 0 Å². The average molecular weight is 407 g/mol. The number of carbonyl (C=O) groups is 1. The molecular weight excluding hydrogens is 383 g/mol. The number of nitrogens with one attached hydrogen (secondary N) is 1. The highest BCUT2D eigenvalue weighted by Gasteiger charge is 2.54. The summed E-state index contributed by atoms with van der Waals surface area (Å²) in [5.41, 5.74) is 0. The van der Waals surface area contributed by atoms with Gasteiger partial charge in [-0.05, 0) is 50.1 Å². The van der Waals surface area contributed by atoms with E-state index in [1.807, 2.05) is 0 Å². The van der Waals surface area contributed by atoms with Crippen molar-refractivity contribution in [3.05, 3.63) is 29.3 Å². The molecule has 1 saturated carbocycles. The molecule has 1 aromatic carbocycles. The quantitative estimate of drug-likeness (QED) is 0.834. The van der Waals surface area contributed by atoms with E-state index < -0.39 is 14.6 Å². The van der Waals surface area contributed by atoms with E-state index in [0.717, 1.165) is 32.4 Å². The van der Waals surface area contributed by atoms with Gasteiger partial charge in [0, 0.05) is 24.7 Å². The first-order chi connectivity index (χ1) is 11.4. The second kappa shape index (κ2) is 7.82. The zero-order chi connectivity index (χ0) is 17.4. The van der Waals surface area contributed by atoms with Crippen molar-refractivity contribution < 1.29 is 13.2 Å². The molecule has 25 heavy (non-hydrogen) atoms. The smallest absolute Gasteiger partial charge is 0.244 e. The molecule has 1 aliphatic carbocycles. The predicted molar refractivity (Wildman–Crippen MR) is 101 cm³/mol. The number of benzene rings is 1. The van der Waals surface area contributed by atoms with E-state index in [1.54, 1.807) is 24.1 Å². The molecule has 0 bridgehead atoms. The molecule has 1 saturated heterocycles. The lowest BCUT2D eigenvalue weighted by atomic mass is 10.0. The molecule has 5 nitrogen and oxygen atoms in total. The van der Waals surface area contributed by atoms with E-state index in [9.17, 15) is 13.2 Å². The maximum absolute atomic E-state index is 13.3. The molecule has 3 rings (SSSR count). The number of rotatable bonds is 4. The van der Waals surface area contributed by atoms with Crippen LogP contribution in [0.3, 0.4) is 0 Å². The minimum absolute atomic E-state index is 0. The highest BCUT2D eigenvalue weighted by Crippen LogP contribution is 2.42. The number of sulfone groups is 1. The zero-order valence-corrected chi connectivity index (χ0v) is 16.6. The third-order valence-corrected chi connectivity index (χ3v) is 8.10. The SMILES string of the molecule is CN(C(=O)C1(S(=O)(=O)c2ccc(Cl)cc2)CCCC1)C1CCNC1.Cl. The summed E-state index contributed by atoms with van der Waals surface area (Å²) in [5.74, 6) is -0.261. The van der Waals surface area contributed by atoms with Crippen LogP contribution in [0.2, 0.25) is 5.02 Å². The second-order valence-corrected chi connectivity index (χ2v) is 9.42. The Balaban J connectivity index is 0.00000225. The molecule has 2 fully saturated rings. The Hall–Kier alpha value is -0.820. The van der Waals surface area contributed by atoms with Gasteiger partial charge in [0.1, 0.15) is 0 Å². The van der Waals surface area contributed by atoms with Crippen molar-refractivity contribution in [1.82, 2.24) is 10.2 Å². The van der Waals surface area contributed by atoms with Crippen molar-refractivity contribution in [3.8, 4) is 0 Å². The van der Waals surface area contributed by atoms with Gasteiger partial charge < -0.3 is 10.2 Å². The first-order valence-corrected chi connectivity index (χ1v) is 10.2. The minimum atomic E-state index is -3.76. The largest absolute Gasteiger partial charge is 0.340 e. The van der Waals surface area contributed by atoms with E-state index in [1.165, 1.54) is 12.1 Å². The van der Waals surface area contributed by atoms with Gasteiger partial charge in [-0.15, -0.1) is 12.4 Å². The van der Waals surface area contributed by atoms with Gasteiger partial charge in [-0.3, -0.25) is 4.79 Å². The maximum atomic E-state index is 13.3. The first-order valence-electron chi connectivity index (χ1n) is 8.37. The number of likely N-dealkylation sites (N-methyl/N-ethyl adjacent to an activating group) is 1. The summed E-state index contributed by atoms with van der Waals surface area (Å²) in [5, 5.41) is 3.71. The highest BCUT2D eigenvalue weighted by molar-refractivity contribution is 7.93. The van der Waals surface area contributed by atoms with Crippen molar-refractivity contribution in [1.29, 1.82) is 0 Å². The zero-order valence-electron chi connectivity index (χ0n) is 14.2. The molecular formula is C17H24Cl2N2O3S. The summed E-state index contributed by atoms with van der Waals surface area (Å²) in [7, 11) is -2.03. The first kappa shape index (κ1) is 20.5. The van der Waals surface area contributed by atoms with Crippen LogP contribution in [0, 0.1) is 0 Å².